The molecule has 0 aliphatic rings. The summed E-state index contributed by atoms with van der Waals surface area (Å²) in [5.41, 5.74) is 0.190. The number of furan rings is 1. The van der Waals surface area contributed by atoms with Crippen molar-refractivity contribution in [3.05, 3.63) is 40.0 Å². The molecule has 0 bridgehead atoms. The number of rotatable bonds is 4. The molecular weight excluding hydrogens is 376 g/mol. The lowest BCUT2D eigenvalue weighted by atomic mass is 10.4. The molecule has 2 N–H and O–H groups in total. The van der Waals surface area contributed by atoms with Gasteiger partial charge in [-0.15, -0.1) is 0 Å². The maximum atomic E-state index is 12.1. The Labute approximate surface area is 126 Å². The number of carboxylic acid groups (broad SMARTS) is 1. The van der Waals surface area contributed by atoms with Gasteiger partial charge in [-0.2, -0.15) is 0 Å². The lowest BCUT2D eigenvalue weighted by Crippen LogP contribution is -2.12. The van der Waals surface area contributed by atoms with Crippen LogP contribution in [0.25, 0.3) is 0 Å². The van der Waals surface area contributed by atoms with Crippen molar-refractivity contribution < 1.29 is 22.7 Å². The molecule has 0 atom stereocenters. The van der Waals surface area contributed by atoms with Gasteiger partial charge in [0, 0.05) is 12.3 Å². The largest absolute Gasteiger partial charge is 0.475 e. The third kappa shape index (κ3) is 3.11. The van der Waals surface area contributed by atoms with Gasteiger partial charge in [0.05, 0.1) is 5.69 Å². The standard InChI is InChI=1S/C10H6BrClN2O5S/c11-9-7(4-6(19-9)10(15)16)20(17,18)14-5-1-2-13-8(12)3-5/h1-4H,(H,13,14)(H,15,16). The number of hydrogen-bond acceptors (Lipinski definition) is 5. The number of nitrogens with zero attached hydrogens (tertiary/aromatic N) is 1. The molecule has 0 saturated heterocycles. The topological polar surface area (TPSA) is 110 Å². The van der Waals surface area contributed by atoms with Crippen molar-refractivity contribution in [1.82, 2.24) is 4.98 Å². The van der Waals surface area contributed by atoms with E-state index >= 15 is 0 Å². The number of carbonyl (C=O) groups is 1. The van der Waals surface area contributed by atoms with Crippen molar-refractivity contribution in [2.24, 2.45) is 0 Å². The van der Waals surface area contributed by atoms with Gasteiger partial charge in [-0.25, -0.2) is 18.2 Å². The lowest BCUT2D eigenvalue weighted by molar-refractivity contribution is 0.0661. The molecule has 2 aromatic heterocycles. The predicted octanol–water partition coefficient (Wildman–Crippen LogP) is 2.59. The van der Waals surface area contributed by atoms with Crippen LogP contribution in [-0.2, 0) is 10.0 Å². The molecule has 20 heavy (non-hydrogen) atoms. The summed E-state index contributed by atoms with van der Waals surface area (Å²) in [5.74, 6) is -1.87. The normalized spacial score (nSPS) is 11.3. The van der Waals surface area contributed by atoms with E-state index < -0.39 is 21.8 Å². The lowest BCUT2D eigenvalue weighted by Gasteiger charge is -2.06. The predicted molar refractivity (Wildman–Crippen MR) is 73.4 cm³/mol. The van der Waals surface area contributed by atoms with Crippen LogP contribution in [0.3, 0.4) is 0 Å². The molecule has 0 unspecified atom stereocenters. The number of halogens is 2. The number of carboxylic acids is 1. The van der Waals surface area contributed by atoms with E-state index in [0.29, 0.717) is 0 Å². The second kappa shape index (κ2) is 5.43. The average molecular weight is 382 g/mol. The average Bonchev–Trinajstić information content (AvgIpc) is 2.71. The van der Waals surface area contributed by atoms with Crippen molar-refractivity contribution in [3.63, 3.8) is 0 Å². The van der Waals surface area contributed by atoms with Gasteiger partial charge in [-0.1, -0.05) is 11.6 Å². The van der Waals surface area contributed by atoms with Crippen molar-refractivity contribution >= 4 is 49.2 Å². The highest BCUT2D eigenvalue weighted by molar-refractivity contribution is 9.10. The first-order valence-electron chi connectivity index (χ1n) is 4.96. The summed E-state index contributed by atoms with van der Waals surface area (Å²) in [6, 6.07) is 3.61. The van der Waals surface area contributed by atoms with Crippen molar-refractivity contribution in [3.8, 4) is 0 Å². The fourth-order valence-electron chi connectivity index (χ4n) is 1.32. The Morgan fingerprint density at radius 2 is 2.15 bits per heavy atom. The molecule has 0 spiro atoms. The van der Waals surface area contributed by atoms with Gasteiger partial charge < -0.3 is 9.52 Å². The van der Waals surface area contributed by atoms with Crippen molar-refractivity contribution in [2.75, 3.05) is 4.72 Å². The smallest absolute Gasteiger partial charge is 0.371 e. The van der Waals surface area contributed by atoms with E-state index in [9.17, 15) is 13.2 Å². The summed E-state index contributed by atoms with van der Waals surface area (Å²) in [7, 11) is -4.01. The Hall–Kier alpha value is -1.58. The summed E-state index contributed by atoms with van der Waals surface area (Å²) >= 11 is 8.51. The van der Waals surface area contributed by atoms with Crippen LogP contribution in [0.2, 0.25) is 5.15 Å². The molecule has 2 heterocycles. The van der Waals surface area contributed by atoms with Crippen LogP contribution in [-0.4, -0.2) is 24.5 Å². The van der Waals surface area contributed by atoms with Gasteiger partial charge in [0.25, 0.3) is 10.0 Å². The second-order valence-corrected chi connectivity index (χ2v) is 6.28. The molecule has 0 aliphatic heterocycles. The molecule has 7 nitrogen and oxygen atoms in total. The van der Waals surface area contributed by atoms with E-state index in [4.69, 9.17) is 21.1 Å². The summed E-state index contributed by atoms with van der Waals surface area (Å²) < 4.78 is 31.0. The molecule has 106 valence electrons. The van der Waals surface area contributed by atoms with Crippen LogP contribution >= 0.6 is 27.5 Å². The summed E-state index contributed by atoms with van der Waals surface area (Å²) in [6.07, 6.45) is 1.33. The highest BCUT2D eigenvalue weighted by Gasteiger charge is 2.25. The molecule has 0 saturated carbocycles. The summed E-state index contributed by atoms with van der Waals surface area (Å²) in [5, 5.41) is 8.87. The van der Waals surface area contributed by atoms with E-state index in [1.165, 1.54) is 18.3 Å². The Morgan fingerprint density at radius 1 is 1.45 bits per heavy atom. The maximum Gasteiger partial charge on any atom is 0.371 e. The molecule has 2 aromatic rings. The van der Waals surface area contributed by atoms with Gasteiger partial charge in [0.1, 0.15) is 10.0 Å². The zero-order valence-corrected chi connectivity index (χ0v) is 12.7. The molecule has 0 radical (unpaired) electrons. The van der Waals surface area contributed by atoms with E-state index in [1.54, 1.807) is 0 Å². The molecule has 0 aliphatic carbocycles. The first-order valence-corrected chi connectivity index (χ1v) is 7.62. The number of pyridine rings is 1. The first-order chi connectivity index (χ1) is 9.29. The Morgan fingerprint density at radius 3 is 2.70 bits per heavy atom. The minimum Gasteiger partial charge on any atom is -0.475 e. The molecule has 0 aromatic carbocycles. The van der Waals surface area contributed by atoms with E-state index in [2.05, 4.69) is 25.6 Å². The molecule has 2 rings (SSSR count). The van der Waals surface area contributed by atoms with E-state index in [-0.39, 0.29) is 20.4 Å². The number of nitrogens with one attached hydrogen (secondary N) is 1. The van der Waals surface area contributed by atoms with Crippen molar-refractivity contribution in [1.29, 1.82) is 0 Å². The fourth-order valence-corrected chi connectivity index (χ4v) is 3.48. The number of anilines is 1. The molecule has 10 heteroatoms. The zero-order valence-electron chi connectivity index (χ0n) is 9.50. The number of sulfonamides is 1. The third-order valence-electron chi connectivity index (χ3n) is 2.13. The minimum absolute atomic E-state index is 0.114. The van der Waals surface area contributed by atoms with Gasteiger partial charge in [-0.3, -0.25) is 4.72 Å². The quantitative estimate of drug-likeness (QED) is 0.788. The molecule has 0 amide bonds. The Kier molecular flexibility index (Phi) is 4.02. The van der Waals surface area contributed by atoms with Crippen LogP contribution in [0.5, 0.6) is 0 Å². The molecule has 0 fully saturated rings. The van der Waals surface area contributed by atoms with Crippen molar-refractivity contribution in [2.45, 2.75) is 4.90 Å². The van der Waals surface area contributed by atoms with Gasteiger partial charge in [0.2, 0.25) is 5.76 Å². The SMILES string of the molecule is O=C(O)c1cc(S(=O)(=O)Nc2ccnc(Cl)c2)c(Br)o1. The summed E-state index contributed by atoms with van der Waals surface area (Å²) in [6.45, 7) is 0. The van der Waals surface area contributed by atoms with Crippen LogP contribution in [0.1, 0.15) is 10.6 Å². The van der Waals surface area contributed by atoms with E-state index in [0.717, 1.165) is 6.07 Å². The van der Waals surface area contributed by atoms with Gasteiger partial charge in [0.15, 0.2) is 4.67 Å². The fraction of sp³-hybridized carbons (Fsp3) is 0. The van der Waals surface area contributed by atoms with Crippen LogP contribution in [0, 0.1) is 0 Å². The monoisotopic (exact) mass is 380 g/mol. The highest BCUT2D eigenvalue weighted by Crippen LogP contribution is 2.28. The zero-order chi connectivity index (χ0) is 14.9. The summed E-state index contributed by atoms with van der Waals surface area (Å²) in [4.78, 5) is 14.1. The first kappa shape index (κ1) is 14.8. The van der Waals surface area contributed by atoms with E-state index in [1.807, 2.05) is 0 Å². The number of hydrogen-bond donors (Lipinski definition) is 2. The minimum atomic E-state index is -4.01. The highest BCUT2D eigenvalue weighted by atomic mass is 79.9. The van der Waals surface area contributed by atoms with Gasteiger partial charge in [-0.05, 0) is 28.1 Å². The second-order valence-electron chi connectivity index (χ2n) is 3.53. The molecular formula is C10H6BrClN2O5S. The third-order valence-corrected chi connectivity index (χ3v) is 4.58. The van der Waals surface area contributed by atoms with Crippen LogP contribution in [0.4, 0.5) is 5.69 Å². The Bertz CT molecular complexity index is 774. The maximum absolute atomic E-state index is 12.1. The van der Waals surface area contributed by atoms with Gasteiger partial charge >= 0.3 is 5.97 Å². The van der Waals surface area contributed by atoms with Crippen LogP contribution < -0.4 is 4.72 Å². The Balaban J connectivity index is 2.38. The van der Waals surface area contributed by atoms with Crippen LogP contribution in [0.15, 0.2) is 38.4 Å². The number of aromatic nitrogens is 1. The number of aromatic carboxylic acids is 1.